The van der Waals surface area contributed by atoms with E-state index >= 15 is 0 Å². The maximum Gasteiger partial charge on any atom is 0.321 e. The second kappa shape index (κ2) is 5.61. The van der Waals surface area contributed by atoms with Gasteiger partial charge < -0.3 is 15.3 Å². The number of likely N-dealkylation sites (N-methyl/N-ethyl adjacent to an activating group) is 1. The first-order valence-corrected chi connectivity index (χ1v) is 7.95. The number of benzene rings is 1. The Bertz CT molecular complexity index is 666. The number of nitrogens with zero attached hydrogens (tertiary/aromatic N) is 2. The smallest absolute Gasteiger partial charge is 0.321 e. The Hall–Kier alpha value is -1.66. The van der Waals surface area contributed by atoms with Gasteiger partial charge in [-0.25, -0.2) is 9.78 Å². The second-order valence-electron chi connectivity index (χ2n) is 5.58. The normalized spacial score (nSPS) is 16.0. The van der Waals surface area contributed by atoms with Crippen molar-refractivity contribution in [3.05, 3.63) is 23.2 Å². The Balaban J connectivity index is 1.76. The number of nitrogens with one attached hydrogen (secondary N) is 1. The number of amides is 2. The van der Waals surface area contributed by atoms with Crippen LogP contribution in [0.3, 0.4) is 0 Å². The first kappa shape index (κ1) is 14.3. The lowest BCUT2D eigenvalue weighted by Crippen LogP contribution is -2.40. The second-order valence-corrected chi connectivity index (χ2v) is 6.64. The average molecular weight is 305 g/mol. The third-order valence-electron chi connectivity index (χ3n) is 3.83. The summed E-state index contributed by atoms with van der Waals surface area (Å²) in [4.78, 5) is 18.2. The summed E-state index contributed by atoms with van der Waals surface area (Å²) in [5.41, 5.74) is 1.76. The summed E-state index contributed by atoms with van der Waals surface area (Å²) in [6, 6.07) is 5.35. The van der Waals surface area contributed by atoms with Crippen molar-refractivity contribution in [2.24, 2.45) is 0 Å². The molecule has 112 valence electrons. The molecule has 21 heavy (non-hydrogen) atoms. The van der Waals surface area contributed by atoms with E-state index in [0.717, 1.165) is 15.9 Å². The summed E-state index contributed by atoms with van der Waals surface area (Å²) in [6.07, 6.45) is 2.49. The topological polar surface area (TPSA) is 65.5 Å². The van der Waals surface area contributed by atoms with Crippen LogP contribution < -0.4 is 5.32 Å². The summed E-state index contributed by atoms with van der Waals surface area (Å²) >= 11 is 1.71. The van der Waals surface area contributed by atoms with Crippen LogP contribution in [-0.2, 0) is 0 Å². The minimum Gasteiger partial charge on any atom is -0.394 e. The first-order valence-electron chi connectivity index (χ1n) is 7.13. The van der Waals surface area contributed by atoms with Crippen LogP contribution >= 0.6 is 11.3 Å². The van der Waals surface area contributed by atoms with Crippen molar-refractivity contribution in [2.75, 3.05) is 19.0 Å². The summed E-state index contributed by atoms with van der Waals surface area (Å²) < 4.78 is 1.10. The first-order chi connectivity index (χ1) is 10.1. The lowest BCUT2D eigenvalue weighted by atomic mass is 10.3. The fraction of sp³-hybridized carbons (Fsp3) is 0.467. The monoisotopic (exact) mass is 305 g/mol. The van der Waals surface area contributed by atoms with Crippen LogP contribution in [0, 0.1) is 0 Å². The third kappa shape index (κ3) is 3.01. The van der Waals surface area contributed by atoms with Crippen molar-refractivity contribution in [1.82, 2.24) is 9.88 Å². The molecule has 5 nitrogen and oxygen atoms in total. The molecular formula is C15H19N3O2S. The molecule has 3 rings (SSSR count). The van der Waals surface area contributed by atoms with Crippen LogP contribution in [0.5, 0.6) is 0 Å². The molecule has 0 bridgehead atoms. The molecule has 2 N–H and O–H groups in total. The van der Waals surface area contributed by atoms with Crippen LogP contribution in [0.25, 0.3) is 10.2 Å². The molecule has 0 aliphatic heterocycles. The van der Waals surface area contributed by atoms with Gasteiger partial charge in [0.1, 0.15) is 0 Å². The molecule has 0 radical (unpaired) electrons. The molecule has 0 spiro atoms. The van der Waals surface area contributed by atoms with Crippen LogP contribution in [0.4, 0.5) is 10.5 Å². The van der Waals surface area contributed by atoms with Crippen LogP contribution in [0.2, 0.25) is 0 Å². The zero-order valence-corrected chi connectivity index (χ0v) is 13.0. The highest BCUT2D eigenvalue weighted by Crippen LogP contribution is 2.43. The maximum atomic E-state index is 12.1. The molecule has 1 saturated carbocycles. The Labute approximate surface area is 127 Å². The molecule has 2 aromatic rings. The van der Waals surface area contributed by atoms with Gasteiger partial charge in [-0.05, 0) is 38.0 Å². The van der Waals surface area contributed by atoms with E-state index < -0.39 is 0 Å². The molecule has 1 aliphatic rings. The zero-order valence-electron chi connectivity index (χ0n) is 12.2. The highest BCUT2D eigenvalue weighted by atomic mass is 32.1. The van der Waals surface area contributed by atoms with Crippen LogP contribution in [0.1, 0.15) is 30.7 Å². The molecule has 1 heterocycles. The third-order valence-corrected chi connectivity index (χ3v) is 5.01. The number of hydrogen-bond donors (Lipinski definition) is 2. The van der Waals surface area contributed by atoms with E-state index in [0.29, 0.717) is 5.92 Å². The highest BCUT2D eigenvalue weighted by molar-refractivity contribution is 7.18. The van der Waals surface area contributed by atoms with E-state index in [9.17, 15) is 4.79 Å². The van der Waals surface area contributed by atoms with E-state index in [1.54, 1.807) is 25.3 Å². The van der Waals surface area contributed by atoms with E-state index in [4.69, 9.17) is 5.11 Å². The van der Waals surface area contributed by atoms with Crippen molar-refractivity contribution in [3.8, 4) is 0 Å². The number of aliphatic hydroxyl groups excluding tert-OH is 1. The largest absolute Gasteiger partial charge is 0.394 e. The summed E-state index contributed by atoms with van der Waals surface area (Å²) in [7, 11) is 1.67. The lowest BCUT2D eigenvalue weighted by molar-refractivity contribution is 0.166. The Kier molecular flexibility index (Phi) is 3.82. The van der Waals surface area contributed by atoms with Crippen LogP contribution in [0.15, 0.2) is 18.2 Å². The van der Waals surface area contributed by atoms with E-state index in [1.165, 1.54) is 22.7 Å². The Morgan fingerprint density at radius 2 is 2.33 bits per heavy atom. The molecule has 6 heteroatoms. The fourth-order valence-electron chi connectivity index (χ4n) is 2.06. The minimum atomic E-state index is -0.220. The van der Waals surface area contributed by atoms with Crippen molar-refractivity contribution in [3.63, 3.8) is 0 Å². The molecule has 1 aromatic carbocycles. The van der Waals surface area contributed by atoms with Gasteiger partial charge in [-0.2, -0.15) is 0 Å². The van der Waals surface area contributed by atoms with Gasteiger partial charge in [-0.3, -0.25) is 0 Å². The highest BCUT2D eigenvalue weighted by Gasteiger charge is 2.27. The number of thiazole rings is 1. The van der Waals surface area contributed by atoms with Gasteiger partial charge >= 0.3 is 6.03 Å². The zero-order chi connectivity index (χ0) is 15.0. The predicted octanol–water partition coefficient (Wildman–Crippen LogP) is 3.02. The number of hydrogen-bond acceptors (Lipinski definition) is 4. The SMILES string of the molecule is C[C@H](CO)N(C)C(=O)Nc1ccc2nc(C3CC3)sc2c1. The molecule has 1 fully saturated rings. The number of carbonyl (C=O) groups is 1. The number of aliphatic hydroxyl groups is 1. The predicted molar refractivity (Wildman–Crippen MR) is 84.9 cm³/mol. The van der Waals surface area contributed by atoms with E-state index in [-0.39, 0.29) is 18.7 Å². The fourth-order valence-corrected chi connectivity index (χ4v) is 3.24. The van der Waals surface area contributed by atoms with Crippen molar-refractivity contribution >= 4 is 33.3 Å². The van der Waals surface area contributed by atoms with Gasteiger partial charge in [0.15, 0.2) is 0 Å². The lowest BCUT2D eigenvalue weighted by Gasteiger charge is -2.23. The van der Waals surface area contributed by atoms with E-state index in [1.807, 2.05) is 18.2 Å². The van der Waals surface area contributed by atoms with Crippen molar-refractivity contribution < 1.29 is 9.90 Å². The van der Waals surface area contributed by atoms with Gasteiger partial charge in [-0.15, -0.1) is 11.3 Å². The van der Waals surface area contributed by atoms with Crippen molar-refractivity contribution in [1.29, 1.82) is 0 Å². The quantitative estimate of drug-likeness (QED) is 0.912. The van der Waals surface area contributed by atoms with Gasteiger partial charge in [0, 0.05) is 18.7 Å². The molecule has 0 unspecified atom stereocenters. The number of rotatable bonds is 4. The standard InChI is InChI=1S/C15H19N3O2S/c1-9(8-19)18(2)15(20)16-11-5-6-12-13(7-11)21-14(17-12)10-3-4-10/h5-7,9-10,19H,3-4,8H2,1-2H3,(H,16,20)/t9-/m1/s1. The summed E-state index contributed by atoms with van der Waals surface area (Å²) in [6.45, 7) is 1.75. The molecule has 1 aliphatic carbocycles. The number of carbonyl (C=O) groups excluding carboxylic acids is 1. The molecule has 0 saturated heterocycles. The summed E-state index contributed by atoms with van der Waals surface area (Å²) in [5, 5.41) is 13.2. The number of anilines is 1. The number of fused-ring (bicyclic) bond motifs is 1. The molecular weight excluding hydrogens is 286 g/mol. The molecule has 1 atom stereocenters. The molecule has 2 amide bonds. The maximum absolute atomic E-state index is 12.1. The number of urea groups is 1. The Morgan fingerprint density at radius 3 is 3.00 bits per heavy atom. The van der Waals surface area contributed by atoms with Gasteiger partial charge in [0.05, 0.1) is 27.9 Å². The van der Waals surface area contributed by atoms with E-state index in [2.05, 4.69) is 10.3 Å². The van der Waals surface area contributed by atoms with Gasteiger partial charge in [0.25, 0.3) is 0 Å². The van der Waals surface area contributed by atoms with Crippen LogP contribution in [-0.4, -0.2) is 40.7 Å². The average Bonchev–Trinajstić information content (AvgIpc) is 3.25. The number of aromatic nitrogens is 1. The molecule has 1 aromatic heterocycles. The van der Waals surface area contributed by atoms with Gasteiger partial charge in [-0.1, -0.05) is 0 Å². The van der Waals surface area contributed by atoms with Gasteiger partial charge in [0.2, 0.25) is 0 Å². The minimum absolute atomic E-state index is 0.0530. The summed E-state index contributed by atoms with van der Waals surface area (Å²) in [5.74, 6) is 0.650. The van der Waals surface area contributed by atoms with Crippen molar-refractivity contribution in [2.45, 2.75) is 31.7 Å². The Morgan fingerprint density at radius 1 is 1.57 bits per heavy atom.